The van der Waals surface area contributed by atoms with Gasteiger partial charge in [-0.05, 0) is 24.3 Å². The molecule has 0 aliphatic heterocycles. The van der Waals surface area contributed by atoms with Gasteiger partial charge in [0.05, 0.1) is 4.92 Å². The molecule has 3 heterocycles. The van der Waals surface area contributed by atoms with Gasteiger partial charge in [0.15, 0.2) is 0 Å². The fourth-order valence-corrected chi connectivity index (χ4v) is 2.09. The van der Waals surface area contributed by atoms with Gasteiger partial charge in [-0.1, -0.05) is 12.1 Å². The molecule has 0 aromatic carbocycles. The number of nitrogens with one attached hydrogen (secondary N) is 4. The van der Waals surface area contributed by atoms with Crippen molar-refractivity contribution < 1.29 is 14.5 Å². The molecule has 4 N–H and O–H groups in total. The van der Waals surface area contributed by atoms with Crippen LogP contribution >= 0.6 is 0 Å². The first-order valence-corrected chi connectivity index (χ1v) is 8.00. The molecular formula is C16H13N9O4. The Bertz CT molecular complexity index is 957. The number of pyridine rings is 2. The first kappa shape index (κ1) is 19.1. The number of hydrazine groups is 2. The van der Waals surface area contributed by atoms with Gasteiger partial charge in [-0.15, -0.1) is 0 Å². The largest absolute Gasteiger partial charge is 0.356 e. The number of rotatable bonds is 7. The standard InChI is InChI=1S/C16H13N9O4/c26-15(10-5-1-3-7-17-10)23-21-13-12(25(28)29)14(20-9-19-13)22-24-16(27)11-6-2-4-8-18-11/h1-9H,(H,23,26)(H,24,27)(H2,19,20,21,22). The van der Waals surface area contributed by atoms with Crippen LogP contribution in [0.5, 0.6) is 0 Å². The zero-order chi connectivity index (χ0) is 20.6. The lowest BCUT2D eigenvalue weighted by Crippen LogP contribution is -2.32. The van der Waals surface area contributed by atoms with Crippen LogP contribution in [0.2, 0.25) is 0 Å². The summed E-state index contributed by atoms with van der Waals surface area (Å²) in [5.41, 5.74) is 8.81. The number of carbonyl (C=O) groups excluding carboxylic acids is 2. The zero-order valence-corrected chi connectivity index (χ0v) is 14.6. The summed E-state index contributed by atoms with van der Waals surface area (Å²) in [6, 6.07) is 9.42. The van der Waals surface area contributed by atoms with Crippen molar-refractivity contribution in [3.05, 3.63) is 76.6 Å². The van der Waals surface area contributed by atoms with Crippen molar-refractivity contribution in [1.29, 1.82) is 0 Å². The fourth-order valence-electron chi connectivity index (χ4n) is 2.09. The SMILES string of the molecule is O=C(NNc1ncnc(NNC(=O)c2ccccn2)c1[N+](=O)[O-])c1ccccn1. The number of amides is 2. The van der Waals surface area contributed by atoms with Crippen LogP contribution in [0.15, 0.2) is 55.1 Å². The molecule has 0 saturated carbocycles. The molecule has 29 heavy (non-hydrogen) atoms. The number of hydrogen-bond acceptors (Lipinski definition) is 10. The lowest BCUT2D eigenvalue weighted by molar-refractivity contribution is -0.383. The van der Waals surface area contributed by atoms with Gasteiger partial charge in [-0.3, -0.25) is 51.4 Å². The third kappa shape index (κ3) is 4.73. The number of aromatic nitrogens is 4. The normalized spacial score (nSPS) is 9.93. The zero-order valence-electron chi connectivity index (χ0n) is 14.6. The molecule has 0 fully saturated rings. The van der Waals surface area contributed by atoms with Gasteiger partial charge in [-0.2, -0.15) is 0 Å². The Morgan fingerprint density at radius 1 is 0.793 bits per heavy atom. The predicted octanol–water partition coefficient (Wildman–Crippen LogP) is 0.689. The Balaban J connectivity index is 1.73. The van der Waals surface area contributed by atoms with Gasteiger partial charge in [0, 0.05) is 12.4 Å². The van der Waals surface area contributed by atoms with Gasteiger partial charge in [0.1, 0.15) is 17.7 Å². The highest BCUT2D eigenvalue weighted by molar-refractivity contribution is 5.94. The minimum Gasteiger partial charge on any atom is -0.276 e. The Morgan fingerprint density at radius 2 is 1.28 bits per heavy atom. The van der Waals surface area contributed by atoms with Crippen LogP contribution in [0, 0.1) is 10.1 Å². The first-order valence-electron chi connectivity index (χ1n) is 8.00. The average Bonchev–Trinajstić information content (AvgIpc) is 2.76. The molecule has 13 heteroatoms. The van der Waals surface area contributed by atoms with E-state index in [1.54, 1.807) is 24.3 Å². The summed E-state index contributed by atoms with van der Waals surface area (Å²) in [4.78, 5) is 50.0. The molecule has 0 saturated heterocycles. The van der Waals surface area contributed by atoms with Crippen LogP contribution in [0.4, 0.5) is 17.3 Å². The number of hydrogen-bond donors (Lipinski definition) is 4. The summed E-state index contributed by atoms with van der Waals surface area (Å²) in [5, 5.41) is 11.5. The van der Waals surface area contributed by atoms with E-state index in [1.807, 2.05) is 0 Å². The van der Waals surface area contributed by atoms with Crippen molar-refractivity contribution in [3.8, 4) is 0 Å². The lowest BCUT2D eigenvalue weighted by Gasteiger charge is -2.11. The van der Waals surface area contributed by atoms with Crippen molar-refractivity contribution >= 4 is 29.1 Å². The van der Waals surface area contributed by atoms with E-state index in [2.05, 4.69) is 41.6 Å². The molecule has 13 nitrogen and oxygen atoms in total. The summed E-state index contributed by atoms with van der Waals surface area (Å²) in [6.07, 6.45) is 3.86. The maximum Gasteiger partial charge on any atom is 0.356 e. The van der Waals surface area contributed by atoms with Gasteiger partial charge in [0.2, 0.25) is 11.6 Å². The molecule has 3 aromatic heterocycles. The van der Waals surface area contributed by atoms with Crippen molar-refractivity contribution in [2.75, 3.05) is 10.9 Å². The molecule has 3 aromatic rings. The number of carbonyl (C=O) groups is 2. The minimum absolute atomic E-state index is 0.0951. The van der Waals surface area contributed by atoms with E-state index < -0.39 is 22.4 Å². The van der Waals surface area contributed by atoms with Crippen molar-refractivity contribution in [3.63, 3.8) is 0 Å². The Kier molecular flexibility index (Phi) is 5.80. The number of nitro groups is 1. The van der Waals surface area contributed by atoms with Gasteiger partial charge in [0.25, 0.3) is 11.8 Å². The van der Waals surface area contributed by atoms with Gasteiger partial charge < -0.3 is 0 Å². The quantitative estimate of drug-likeness (QED) is 0.329. The fraction of sp³-hybridized carbons (Fsp3) is 0. The molecule has 0 unspecified atom stereocenters. The highest BCUT2D eigenvalue weighted by Gasteiger charge is 2.24. The second-order valence-corrected chi connectivity index (χ2v) is 5.26. The highest BCUT2D eigenvalue weighted by Crippen LogP contribution is 2.27. The van der Waals surface area contributed by atoms with Crippen molar-refractivity contribution in [2.45, 2.75) is 0 Å². The van der Waals surface area contributed by atoms with Crippen LogP contribution in [0.1, 0.15) is 21.0 Å². The minimum atomic E-state index is -0.773. The number of nitrogens with zero attached hydrogens (tertiary/aromatic N) is 5. The van der Waals surface area contributed by atoms with Crippen LogP contribution < -0.4 is 21.7 Å². The molecule has 146 valence electrons. The monoisotopic (exact) mass is 395 g/mol. The molecule has 0 aliphatic rings. The van der Waals surface area contributed by atoms with E-state index in [0.29, 0.717) is 0 Å². The first-order chi connectivity index (χ1) is 14.1. The summed E-state index contributed by atoms with van der Waals surface area (Å²) in [5.74, 6) is -1.86. The number of anilines is 2. The Morgan fingerprint density at radius 3 is 1.66 bits per heavy atom. The third-order valence-electron chi connectivity index (χ3n) is 3.39. The Hall–Kier alpha value is -4.68. The van der Waals surface area contributed by atoms with Crippen molar-refractivity contribution in [1.82, 2.24) is 30.8 Å². The third-order valence-corrected chi connectivity index (χ3v) is 3.39. The van der Waals surface area contributed by atoms with E-state index >= 15 is 0 Å². The summed E-state index contributed by atoms with van der Waals surface area (Å²) < 4.78 is 0. The molecule has 0 bridgehead atoms. The van der Waals surface area contributed by atoms with Crippen LogP contribution in [0.25, 0.3) is 0 Å². The van der Waals surface area contributed by atoms with Crippen LogP contribution in [0.3, 0.4) is 0 Å². The highest BCUT2D eigenvalue weighted by atomic mass is 16.6. The molecule has 0 aliphatic carbocycles. The molecule has 0 atom stereocenters. The molecule has 2 amide bonds. The molecule has 3 rings (SSSR count). The van der Waals surface area contributed by atoms with E-state index in [0.717, 1.165) is 6.33 Å². The molecule has 0 radical (unpaired) electrons. The van der Waals surface area contributed by atoms with E-state index in [9.17, 15) is 19.7 Å². The summed E-state index contributed by atoms with van der Waals surface area (Å²) in [6.45, 7) is 0. The maximum atomic E-state index is 12.0. The molecule has 0 spiro atoms. The Labute approximate surface area is 162 Å². The topological polar surface area (TPSA) is 177 Å². The van der Waals surface area contributed by atoms with E-state index in [-0.39, 0.29) is 23.0 Å². The van der Waals surface area contributed by atoms with E-state index in [4.69, 9.17) is 0 Å². The summed E-state index contributed by atoms with van der Waals surface area (Å²) >= 11 is 0. The van der Waals surface area contributed by atoms with Gasteiger partial charge in [-0.25, -0.2) is 9.97 Å². The second kappa shape index (κ2) is 8.81. The van der Waals surface area contributed by atoms with Crippen LogP contribution in [-0.2, 0) is 0 Å². The second-order valence-electron chi connectivity index (χ2n) is 5.26. The van der Waals surface area contributed by atoms with Gasteiger partial charge >= 0.3 is 5.69 Å². The molecular weight excluding hydrogens is 382 g/mol. The van der Waals surface area contributed by atoms with E-state index in [1.165, 1.54) is 24.5 Å². The lowest BCUT2D eigenvalue weighted by atomic mass is 10.3. The predicted molar refractivity (Wildman–Crippen MR) is 99.3 cm³/mol. The van der Waals surface area contributed by atoms with Crippen molar-refractivity contribution in [2.24, 2.45) is 0 Å². The smallest absolute Gasteiger partial charge is 0.276 e. The summed E-state index contributed by atoms with van der Waals surface area (Å²) in [7, 11) is 0. The maximum absolute atomic E-state index is 12.0. The van der Waals surface area contributed by atoms with Crippen LogP contribution in [-0.4, -0.2) is 36.7 Å². The average molecular weight is 395 g/mol.